The van der Waals surface area contributed by atoms with Crippen molar-refractivity contribution >= 4 is 29.2 Å². The second-order valence-electron chi connectivity index (χ2n) is 8.31. The number of ether oxygens (including phenoxy) is 2. The fraction of sp³-hybridized carbons (Fsp3) is 0.222. The highest BCUT2D eigenvalue weighted by atomic mass is 16.5. The molecule has 3 aromatic carbocycles. The number of fused-ring (bicyclic) bond motifs is 1. The molecule has 35 heavy (non-hydrogen) atoms. The highest BCUT2D eigenvalue weighted by Crippen LogP contribution is 2.36. The van der Waals surface area contributed by atoms with Gasteiger partial charge in [0.25, 0.3) is 5.91 Å². The molecule has 2 N–H and O–H groups in total. The summed E-state index contributed by atoms with van der Waals surface area (Å²) in [6, 6.07) is 20.3. The zero-order valence-corrected chi connectivity index (χ0v) is 19.5. The molecule has 0 spiro atoms. The van der Waals surface area contributed by atoms with E-state index in [0.29, 0.717) is 29.3 Å². The molecule has 1 aliphatic rings. The lowest BCUT2D eigenvalue weighted by atomic mass is 10.1. The Morgan fingerprint density at radius 2 is 1.83 bits per heavy atom. The van der Waals surface area contributed by atoms with Gasteiger partial charge < -0.3 is 24.8 Å². The molecule has 0 bridgehead atoms. The van der Waals surface area contributed by atoms with E-state index < -0.39 is 11.9 Å². The molecule has 3 aromatic rings. The van der Waals surface area contributed by atoms with Crippen LogP contribution in [0.15, 0.2) is 66.7 Å². The standard InChI is InChI=1S/C27H26N2O6/c1-17(8-9-18-6-4-3-5-7-18)35-24-15-21(12-13-23(24)34-2)29-16-19-10-11-20(14-22(19)26(29)31)28-25(30)27(32)33/h3-7,10-15,17H,8-9,16H2,1-2H3,(H,28,30)(H,32,33). The Hall–Kier alpha value is -4.33. The molecule has 0 aliphatic carbocycles. The topological polar surface area (TPSA) is 105 Å². The van der Waals surface area contributed by atoms with Crippen LogP contribution in [0, 0.1) is 0 Å². The van der Waals surface area contributed by atoms with Crippen LogP contribution in [0.4, 0.5) is 11.4 Å². The Morgan fingerprint density at radius 1 is 1.06 bits per heavy atom. The van der Waals surface area contributed by atoms with Gasteiger partial charge in [0.05, 0.1) is 19.8 Å². The van der Waals surface area contributed by atoms with Crippen molar-refractivity contribution in [1.29, 1.82) is 0 Å². The molecule has 0 saturated carbocycles. The Kier molecular flexibility index (Phi) is 7.01. The van der Waals surface area contributed by atoms with E-state index in [2.05, 4.69) is 17.4 Å². The molecule has 4 rings (SSSR count). The highest BCUT2D eigenvalue weighted by Gasteiger charge is 2.30. The molecule has 0 aromatic heterocycles. The van der Waals surface area contributed by atoms with Crippen LogP contribution in [0.2, 0.25) is 0 Å². The fourth-order valence-electron chi connectivity index (χ4n) is 3.99. The maximum Gasteiger partial charge on any atom is 0.394 e. The van der Waals surface area contributed by atoms with Crippen molar-refractivity contribution in [3.8, 4) is 11.5 Å². The molecule has 1 unspecified atom stereocenters. The number of hydrogen-bond donors (Lipinski definition) is 2. The second kappa shape index (κ2) is 10.3. The van der Waals surface area contributed by atoms with Crippen molar-refractivity contribution in [3.63, 3.8) is 0 Å². The third-order valence-corrected chi connectivity index (χ3v) is 5.84. The minimum atomic E-state index is -1.60. The van der Waals surface area contributed by atoms with Gasteiger partial charge in [-0.15, -0.1) is 0 Å². The van der Waals surface area contributed by atoms with Crippen molar-refractivity contribution < 1.29 is 29.0 Å². The van der Waals surface area contributed by atoms with E-state index in [-0.39, 0.29) is 17.7 Å². The van der Waals surface area contributed by atoms with E-state index in [9.17, 15) is 14.4 Å². The minimum absolute atomic E-state index is 0.0776. The number of methoxy groups -OCH3 is 1. The number of benzene rings is 3. The van der Waals surface area contributed by atoms with Crippen LogP contribution in [-0.4, -0.2) is 36.1 Å². The fourth-order valence-corrected chi connectivity index (χ4v) is 3.99. The Bertz CT molecular complexity index is 1260. The Labute approximate surface area is 203 Å². The number of hydrogen-bond acceptors (Lipinski definition) is 5. The lowest BCUT2D eigenvalue weighted by Gasteiger charge is -2.21. The normalized spacial score (nSPS) is 13.2. The Balaban J connectivity index is 1.49. The first kappa shape index (κ1) is 23.8. The molecule has 8 nitrogen and oxygen atoms in total. The van der Waals surface area contributed by atoms with Crippen LogP contribution >= 0.6 is 0 Å². The van der Waals surface area contributed by atoms with E-state index in [1.54, 1.807) is 42.3 Å². The molecule has 2 amide bonds. The monoisotopic (exact) mass is 474 g/mol. The van der Waals surface area contributed by atoms with Crippen LogP contribution in [-0.2, 0) is 22.6 Å². The number of aryl methyl sites for hydroxylation is 1. The summed E-state index contributed by atoms with van der Waals surface area (Å²) < 4.78 is 11.7. The molecule has 1 atom stereocenters. The number of amides is 2. The summed E-state index contributed by atoms with van der Waals surface area (Å²) in [6.45, 7) is 2.34. The minimum Gasteiger partial charge on any atom is -0.493 e. The number of nitrogens with one attached hydrogen (secondary N) is 1. The van der Waals surface area contributed by atoms with E-state index in [4.69, 9.17) is 14.6 Å². The van der Waals surface area contributed by atoms with Crippen molar-refractivity contribution in [3.05, 3.63) is 83.4 Å². The van der Waals surface area contributed by atoms with Gasteiger partial charge >= 0.3 is 11.9 Å². The van der Waals surface area contributed by atoms with Gasteiger partial charge in [0.2, 0.25) is 0 Å². The maximum absolute atomic E-state index is 13.1. The molecule has 1 heterocycles. The number of nitrogens with zero attached hydrogens (tertiary/aromatic N) is 1. The van der Waals surface area contributed by atoms with E-state index in [1.807, 2.05) is 25.1 Å². The Morgan fingerprint density at radius 3 is 2.54 bits per heavy atom. The largest absolute Gasteiger partial charge is 0.493 e. The molecule has 0 fully saturated rings. The van der Waals surface area contributed by atoms with Crippen molar-refractivity contribution in [2.75, 3.05) is 17.3 Å². The second-order valence-corrected chi connectivity index (χ2v) is 8.31. The van der Waals surface area contributed by atoms with Gasteiger partial charge in [-0.2, -0.15) is 0 Å². The first-order chi connectivity index (χ1) is 16.9. The van der Waals surface area contributed by atoms with Crippen LogP contribution in [0.1, 0.15) is 34.8 Å². The van der Waals surface area contributed by atoms with Gasteiger partial charge in [-0.25, -0.2) is 4.79 Å². The summed E-state index contributed by atoms with van der Waals surface area (Å²) in [5.74, 6) is -1.89. The number of rotatable bonds is 8. The van der Waals surface area contributed by atoms with Gasteiger partial charge in [-0.1, -0.05) is 36.4 Å². The van der Waals surface area contributed by atoms with Crippen molar-refractivity contribution in [1.82, 2.24) is 0 Å². The zero-order chi connectivity index (χ0) is 24.9. The van der Waals surface area contributed by atoms with E-state index in [1.165, 1.54) is 11.6 Å². The molecule has 0 saturated heterocycles. The van der Waals surface area contributed by atoms with Crippen LogP contribution in [0.25, 0.3) is 0 Å². The summed E-state index contributed by atoms with van der Waals surface area (Å²) >= 11 is 0. The smallest absolute Gasteiger partial charge is 0.394 e. The number of carboxylic acids is 1. The lowest BCUT2D eigenvalue weighted by Crippen LogP contribution is -2.23. The molecule has 180 valence electrons. The molecule has 8 heteroatoms. The third kappa shape index (κ3) is 5.43. The molecular formula is C27H26N2O6. The first-order valence-electron chi connectivity index (χ1n) is 11.2. The number of carbonyl (C=O) groups excluding carboxylic acids is 2. The number of anilines is 2. The summed E-state index contributed by atoms with van der Waals surface area (Å²) in [6.07, 6.45) is 1.62. The quantitative estimate of drug-likeness (QED) is 0.472. The van der Waals surface area contributed by atoms with E-state index >= 15 is 0 Å². The lowest BCUT2D eigenvalue weighted by molar-refractivity contribution is -0.147. The molecule has 0 radical (unpaired) electrons. The van der Waals surface area contributed by atoms with Gasteiger partial charge in [0.1, 0.15) is 0 Å². The average Bonchev–Trinajstić information content (AvgIpc) is 3.19. The van der Waals surface area contributed by atoms with Crippen molar-refractivity contribution in [2.24, 2.45) is 0 Å². The van der Waals surface area contributed by atoms with Gasteiger partial charge in [0, 0.05) is 23.0 Å². The molecule has 1 aliphatic heterocycles. The maximum atomic E-state index is 13.1. The van der Waals surface area contributed by atoms with E-state index in [0.717, 1.165) is 18.4 Å². The van der Waals surface area contributed by atoms with Crippen LogP contribution in [0.3, 0.4) is 0 Å². The highest BCUT2D eigenvalue weighted by molar-refractivity contribution is 6.36. The van der Waals surface area contributed by atoms with Gasteiger partial charge in [0.15, 0.2) is 11.5 Å². The predicted octanol–water partition coefficient (Wildman–Crippen LogP) is 4.28. The molecular weight excluding hydrogens is 448 g/mol. The predicted molar refractivity (Wildman–Crippen MR) is 131 cm³/mol. The average molecular weight is 475 g/mol. The zero-order valence-electron chi connectivity index (χ0n) is 19.5. The van der Waals surface area contributed by atoms with Crippen molar-refractivity contribution in [2.45, 2.75) is 32.4 Å². The third-order valence-electron chi connectivity index (χ3n) is 5.84. The van der Waals surface area contributed by atoms with Gasteiger partial charge in [-0.3, -0.25) is 9.59 Å². The number of carbonyl (C=O) groups is 3. The van der Waals surface area contributed by atoms with Gasteiger partial charge in [-0.05, 0) is 55.2 Å². The first-order valence-corrected chi connectivity index (χ1v) is 11.2. The number of aliphatic carboxylic acids is 1. The van der Waals surface area contributed by atoms with Crippen LogP contribution in [0.5, 0.6) is 11.5 Å². The summed E-state index contributed by atoms with van der Waals surface area (Å²) in [7, 11) is 1.57. The van der Waals surface area contributed by atoms with Crippen LogP contribution < -0.4 is 19.7 Å². The number of carboxylic acid groups (broad SMARTS) is 1. The summed E-state index contributed by atoms with van der Waals surface area (Å²) in [4.78, 5) is 37.0. The summed E-state index contributed by atoms with van der Waals surface area (Å²) in [5.41, 5.74) is 3.31. The SMILES string of the molecule is COc1ccc(N2Cc3ccc(NC(=O)C(=O)O)cc3C2=O)cc1OC(C)CCc1ccccc1. The summed E-state index contributed by atoms with van der Waals surface area (Å²) in [5, 5.41) is 11.1.